The first-order chi connectivity index (χ1) is 12.3. The fourth-order valence-electron chi connectivity index (χ4n) is 3.27. The third-order valence-electron chi connectivity index (χ3n) is 4.84. The molecule has 1 aliphatic rings. The number of aliphatic hydroxyl groups excluding tert-OH is 1. The Morgan fingerprint density at radius 1 is 1.27 bits per heavy atom. The summed E-state index contributed by atoms with van der Waals surface area (Å²) >= 11 is 0. The number of hydrogen-bond donors (Lipinski definition) is 2. The second-order valence-electron chi connectivity index (χ2n) is 7.21. The fourth-order valence-corrected chi connectivity index (χ4v) is 3.27. The number of aromatic nitrogens is 1. The van der Waals surface area contributed by atoms with Crippen LogP contribution in [0.2, 0.25) is 0 Å². The van der Waals surface area contributed by atoms with E-state index < -0.39 is 17.6 Å². The van der Waals surface area contributed by atoms with Crippen LogP contribution in [0.5, 0.6) is 0 Å². The van der Waals surface area contributed by atoms with Crippen molar-refractivity contribution in [3.05, 3.63) is 63.1 Å². The number of benzene rings is 1. The zero-order valence-electron chi connectivity index (χ0n) is 15.3. The molecule has 0 bridgehead atoms. The normalized spacial score (nSPS) is 15.3. The van der Waals surface area contributed by atoms with Gasteiger partial charge >= 0.3 is 5.97 Å². The van der Waals surface area contributed by atoms with E-state index in [-0.39, 0.29) is 5.56 Å². The summed E-state index contributed by atoms with van der Waals surface area (Å²) in [5.41, 5.74) is 1.70. The van der Waals surface area contributed by atoms with E-state index in [1.807, 2.05) is 43.3 Å². The van der Waals surface area contributed by atoms with E-state index in [9.17, 15) is 19.8 Å². The molecular weight excluding hydrogens is 332 g/mol. The van der Waals surface area contributed by atoms with Gasteiger partial charge in [-0.2, -0.15) is 0 Å². The molecule has 1 unspecified atom stereocenters. The Labute approximate surface area is 152 Å². The van der Waals surface area contributed by atoms with E-state index in [1.165, 1.54) is 23.0 Å². The Kier molecular flexibility index (Phi) is 4.98. The highest BCUT2D eigenvalue weighted by Gasteiger charge is 2.25. The number of pyridine rings is 1. The summed E-state index contributed by atoms with van der Waals surface area (Å²) in [6.07, 6.45) is 3.05. The van der Waals surface area contributed by atoms with Crippen molar-refractivity contribution in [1.29, 1.82) is 0 Å². The standard InChI is InChI=1S/C20H24N2O4/c1-12-16(17(23)11-21(2)3)10-22(19(24)18(12)20(25)26)15-8-6-14(7-9-15)13-4-5-13/h6-10,13,17,23H,4-5,11H2,1-3H3,(H,25,26). The van der Waals surface area contributed by atoms with Crippen LogP contribution in [0.1, 0.15) is 51.9 Å². The summed E-state index contributed by atoms with van der Waals surface area (Å²) in [5.74, 6) is -0.680. The average molecular weight is 356 g/mol. The minimum absolute atomic E-state index is 0.299. The van der Waals surface area contributed by atoms with Crippen LogP contribution in [0.3, 0.4) is 0 Å². The predicted octanol–water partition coefficient (Wildman–Crippen LogP) is 2.32. The Hall–Kier alpha value is -2.44. The topological polar surface area (TPSA) is 82.8 Å². The van der Waals surface area contributed by atoms with E-state index in [1.54, 1.807) is 13.1 Å². The summed E-state index contributed by atoms with van der Waals surface area (Å²) in [5, 5.41) is 20.0. The molecule has 2 N–H and O–H groups in total. The Balaban J connectivity index is 2.12. The average Bonchev–Trinajstić information content (AvgIpc) is 3.39. The van der Waals surface area contributed by atoms with Crippen LogP contribution in [0.25, 0.3) is 5.69 Å². The zero-order valence-corrected chi connectivity index (χ0v) is 15.3. The minimum atomic E-state index is -1.28. The Morgan fingerprint density at radius 3 is 2.38 bits per heavy atom. The lowest BCUT2D eigenvalue weighted by Gasteiger charge is -2.20. The molecule has 1 aliphatic carbocycles. The molecule has 138 valence electrons. The molecule has 0 radical (unpaired) electrons. The fraction of sp³-hybridized carbons (Fsp3) is 0.400. The molecule has 26 heavy (non-hydrogen) atoms. The van der Waals surface area contributed by atoms with E-state index in [2.05, 4.69) is 0 Å². The molecular formula is C20H24N2O4. The third-order valence-corrected chi connectivity index (χ3v) is 4.84. The number of likely N-dealkylation sites (N-methyl/N-ethyl adjacent to an activating group) is 1. The summed E-state index contributed by atoms with van der Waals surface area (Å²) in [4.78, 5) is 26.2. The van der Waals surface area contributed by atoms with Gasteiger partial charge in [-0.1, -0.05) is 12.1 Å². The van der Waals surface area contributed by atoms with Crippen molar-refractivity contribution < 1.29 is 15.0 Å². The summed E-state index contributed by atoms with van der Waals surface area (Å²) < 4.78 is 1.32. The van der Waals surface area contributed by atoms with Crippen molar-refractivity contribution in [3.8, 4) is 5.69 Å². The molecule has 0 aliphatic heterocycles. The number of aromatic carboxylic acids is 1. The monoisotopic (exact) mass is 356 g/mol. The number of hydrogen-bond acceptors (Lipinski definition) is 4. The zero-order chi connectivity index (χ0) is 19.0. The van der Waals surface area contributed by atoms with Crippen molar-refractivity contribution in [2.24, 2.45) is 0 Å². The Bertz CT molecular complexity index is 880. The first-order valence-electron chi connectivity index (χ1n) is 8.72. The van der Waals surface area contributed by atoms with E-state index in [4.69, 9.17) is 0 Å². The lowest BCUT2D eigenvalue weighted by Crippen LogP contribution is -2.30. The van der Waals surface area contributed by atoms with Gasteiger partial charge in [0, 0.05) is 24.0 Å². The van der Waals surface area contributed by atoms with Gasteiger partial charge in [0.2, 0.25) is 0 Å². The second-order valence-corrected chi connectivity index (χ2v) is 7.21. The minimum Gasteiger partial charge on any atom is -0.477 e. The molecule has 1 aromatic heterocycles. The lowest BCUT2D eigenvalue weighted by atomic mass is 10.0. The van der Waals surface area contributed by atoms with Gasteiger partial charge in [-0.15, -0.1) is 0 Å². The molecule has 2 aromatic rings. The van der Waals surface area contributed by atoms with Gasteiger partial charge in [0.15, 0.2) is 0 Å². The Morgan fingerprint density at radius 2 is 1.88 bits per heavy atom. The number of carboxylic acids is 1. The highest BCUT2D eigenvalue weighted by atomic mass is 16.4. The number of rotatable bonds is 6. The molecule has 0 amide bonds. The highest BCUT2D eigenvalue weighted by Crippen LogP contribution is 2.40. The molecule has 1 aromatic carbocycles. The lowest BCUT2D eigenvalue weighted by molar-refractivity contribution is 0.0693. The van der Waals surface area contributed by atoms with Crippen LogP contribution in [0.15, 0.2) is 35.3 Å². The molecule has 3 rings (SSSR count). The molecule has 1 saturated carbocycles. The third kappa shape index (κ3) is 3.57. The smallest absolute Gasteiger partial charge is 0.341 e. The number of carbonyl (C=O) groups is 1. The van der Waals surface area contributed by atoms with Gasteiger partial charge < -0.3 is 15.1 Å². The van der Waals surface area contributed by atoms with Gasteiger partial charge in [0.05, 0.1) is 6.10 Å². The second kappa shape index (κ2) is 7.05. The van der Waals surface area contributed by atoms with Crippen molar-refractivity contribution in [1.82, 2.24) is 9.47 Å². The van der Waals surface area contributed by atoms with Gasteiger partial charge in [-0.25, -0.2) is 4.79 Å². The maximum atomic E-state index is 12.7. The maximum Gasteiger partial charge on any atom is 0.341 e. The van der Waals surface area contributed by atoms with Crippen molar-refractivity contribution in [2.45, 2.75) is 31.8 Å². The molecule has 0 spiro atoms. The van der Waals surface area contributed by atoms with Crippen LogP contribution < -0.4 is 5.56 Å². The largest absolute Gasteiger partial charge is 0.477 e. The van der Waals surface area contributed by atoms with Crippen LogP contribution in [0, 0.1) is 6.92 Å². The predicted molar refractivity (Wildman–Crippen MR) is 99.2 cm³/mol. The van der Waals surface area contributed by atoms with Crippen LogP contribution in [0.4, 0.5) is 0 Å². The van der Waals surface area contributed by atoms with E-state index in [0.717, 1.165) is 0 Å². The van der Waals surface area contributed by atoms with Crippen LogP contribution in [-0.4, -0.2) is 46.3 Å². The van der Waals surface area contributed by atoms with Gasteiger partial charge in [-0.3, -0.25) is 9.36 Å². The molecule has 6 nitrogen and oxygen atoms in total. The maximum absolute atomic E-state index is 12.7. The SMILES string of the molecule is Cc1c(C(O)CN(C)C)cn(-c2ccc(C3CC3)cc2)c(=O)c1C(=O)O. The van der Waals surface area contributed by atoms with Gasteiger partial charge in [0.1, 0.15) is 5.56 Å². The quantitative estimate of drug-likeness (QED) is 0.830. The molecule has 0 saturated heterocycles. The van der Waals surface area contributed by atoms with Crippen molar-refractivity contribution in [3.63, 3.8) is 0 Å². The molecule has 1 atom stereocenters. The van der Waals surface area contributed by atoms with Gasteiger partial charge in [-0.05, 0) is 63.0 Å². The molecule has 6 heteroatoms. The van der Waals surface area contributed by atoms with Gasteiger partial charge in [0.25, 0.3) is 5.56 Å². The van der Waals surface area contributed by atoms with Crippen molar-refractivity contribution >= 4 is 5.97 Å². The van der Waals surface area contributed by atoms with Crippen LogP contribution in [-0.2, 0) is 0 Å². The van der Waals surface area contributed by atoms with Crippen LogP contribution >= 0.6 is 0 Å². The number of aliphatic hydroxyl groups is 1. The number of carboxylic acid groups (broad SMARTS) is 1. The molecule has 1 fully saturated rings. The first kappa shape index (κ1) is 18.4. The highest BCUT2D eigenvalue weighted by molar-refractivity contribution is 5.89. The summed E-state index contributed by atoms with van der Waals surface area (Å²) in [6, 6.07) is 7.63. The van der Waals surface area contributed by atoms with E-state index >= 15 is 0 Å². The molecule has 1 heterocycles. The van der Waals surface area contributed by atoms with E-state index in [0.29, 0.717) is 29.3 Å². The first-order valence-corrected chi connectivity index (χ1v) is 8.72. The summed E-state index contributed by atoms with van der Waals surface area (Å²) in [6.45, 7) is 1.90. The number of nitrogens with zero attached hydrogens (tertiary/aromatic N) is 2. The summed E-state index contributed by atoms with van der Waals surface area (Å²) in [7, 11) is 3.65. The van der Waals surface area contributed by atoms with Crippen molar-refractivity contribution in [2.75, 3.05) is 20.6 Å².